The van der Waals surface area contributed by atoms with Crippen molar-refractivity contribution in [3.8, 4) is 0 Å². The van der Waals surface area contributed by atoms with E-state index in [1.807, 2.05) is 0 Å². The lowest BCUT2D eigenvalue weighted by Gasteiger charge is -2.00. The second kappa shape index (κ2) is 4.10. The molecule has 0 aromatic heterocycles. The van der Waals surface area contributed by atoms with Gasteiger partial charge in [-0.2, -0.15) is 0 Å². The molecule has 0 fully saturated rings. The largest absolute Gasteiger partial charge is 0.480 e. The SMILES string of the molecule is O=C(O)CS(=O)(=O)c1ccc(Br)cc1. The summed E-state index contributed by atoms with van der Waals surface area (Å²) in [4.78, 5) is 10.3. The maximum atomic E-state index is 11.4. The average molecular weight is 279 g/mol. The van der Waals surface area contributed by atoms with Gasteiger partial charge in [-0.25, -0.2) is 8.42 Å². The zero-order valence-electron chi connectivity index (χ0n) is 6.97. The van der Waals surface area contributed by atoms with E-state index >= 15 is 0 Å². The van der Waals surface area contributed by atoms with Gasteiger partial charge in [0, 0.05) is 4.47 Å². The Balaban J connectivity index is 3.05. The second-order valence-corrected chi connectivity index (χ2v) is 5.51. The Morgan fingerprint density at radius 3 is 2.21 bits per heavy atom. The van der Waals surface area contributed by atoms with Gasteiger partial charge in [0.2, 0.25) is 0 Å². The molecule has 0 spiro atoms. The molecule has 0 amide bonds. The van der Waals surface area contributed by atoms with Crippen molar-refractivity contribution in [2.75, 3.05) is 5.75 Å². The lowest BCUT2D eigenvalue weighted by Crippen LogP contribution is -2.15. The Labute approximate surface area is 89.6 Å². The van der Waals surface area contributed by atoms with E-state index in [9.17, 15) is 13.2 Å². The average Bonchev–Trinajstić information content (AvgIpc) is 2.02. The normalized spacial score (nSPS) is 11.2. The van der Waals surface area contributed by atoms with Gasteiger partial charge in [0.1, 0.15) is 0 Å². The Kier molecular flexibility index (Phi) is 3.28. The number of hydrogen-bond acceptors (Lipinski definition) is 3. The number of sulfone groups is 1. The zero-order chi connectivity index (χ0) is 10.8. The van der Waals surface area contributed by atoms with Crippen LogP contribution in [0.4, 0.5) is 0 Å². The van der Waals surface area contributed by atoms with Crippen LogP contribution >= 0.6 is 15.9 Å². The van der Waals surface area contributed by atoms with Crippen molar-refractivity contribution in [1.29, 1.82) is 0 Å². The summed E-state index contributed by atoms with van der Waals surface area (Å²) < 4.78 is 23.5. The van der Waals surface area contributed by atoms with Crippen molar-refractivity contribution >= 4 is 31.7 Å². The van der Waals surface area contributed by atoms with Gasteiger partial charge in [-0.05, 0) is 24.3 Å². The summed E-state index contributed by atoms with van der Waals surface area (Å²) in [5.74, 6) is -2.23. The van der Waals surface area contributed by atoms with Gasteiger partial charge in [0.05, 0.1) is 4.90 Å². The molecule has 4 nitrogen and oxygen atoms in total. The van der Waals surface area contributed by atoms with E-state index in [0.29, 0.717) is 0 Å². The van der Waals surface area contributed by atoms with E-state index in [1.165, 1.54) is 12.1 Å². The molecule has 0 aliphatic rings. The number of aliphatic carboxylic acids is 1. The fourth-order valence-corrected chi connectivity index (χ4v) is 2.19. The standard InChI is InChI=1S/C8H7BrO4S/c9-6-1-3-7(4-2-6)14(12,13)5-8(10)11/h1-4H,5H2,(H,10,11). The molecule has 76 valence electrons. The molecule has 1 rings (SSSR count). The summed E-state index contributed by atoms with van der Waals surface area (Å²) in [7, 11) is -3.70. The number of rotatable bonds is 3. The Hall–Kier alpha value is -0.880. The van der Waals surface area contributed by atoms with Crippen molar-refractivity contribution in [2.24, 2.45) is 0 Å². The molecule has 0 atom stereocenters. The maximum Gasteiger partial charge on any atom is 0.319 e. The molecule has 1 aromatic rings. The topological polar surface area (TPSA) is 71.4 Å². The summed E-state index contributed by atoms with van der Waals surface area (Å²) in [5.41, 5.74) is 0. The highest BCUT2D eigenvalue weighted by Gasteiger charge is 2.18. The van der Waals surface area contributed by atoms with Crippen LogP contribution in [0.2, 0.25) is 0 Å². The van der Waals surface area contributed by atoms with Crippen LogP contribution in [0, 0.1) is 0 Å². The number of halogens is 1. The van der Waals surface area contributed by atoms with E-state index in [1.54, 1.807) is 12.1 Å². The molecule has 0 aliphatic carbocycles. The third-order valence-corrected chi connectivity index (χ3v) is 3.63. The summed E-state index contributed by atoms with van der Waals surface area (Å²) in [5, 5.41) is 8.38. The van der Waals surface area contributed by atoms with Crippen molar-refractivity contribution < 1.29 is 18.3 Å². The number of benzene rings is 1. The van der Waals surface area contributed by atoms with Crippen LogP contribution in [0.3, 0.4) is 0 Å². The minimum atomic E-state index is -3.70. The van der Waals surface area contributed by atoms with Crippen LogP contribution in [0.25, 0.3) is 0 Å². The Morgan fingerprint density at radius 2 is 1.79 bits per heavy atom. The van der Waals surface area contributed by atoms with Crippen LogP contribution in [-0.2, 0) is 14.6 Å². The molecule has 0 bridgehead atoms. The predicted molar refractivity (Wildman–Crippen MR) is 53.8 cm³/mol. The maximum absolute atomic E-state index is 11.4. The fourth-order valence-electron chi connectivity index (χ4n) is 0.888. The smallest absolute Gasteiger partial charge is 0.319 e. The van der Waals surface area contributed by atoms with E-state index in [4.69, 9.17) is 5.11 Å². The van der Waals surface area contributed by atoms with Gasteiger partial charge in [-0.3, -0.25) is 4.79 Å². The molecular formula is C8H7BrO4S. The first-order valence-electron chi connectivity index (χ1n) is 3.62. The summed E-state index contributed by atoms with van der Waals surface area (Å²) >= 11 is 3.15. The number of carboxylic acids is 1. The highest BCUT2D eigenvalue weighted by molar-refractivity contribution is 9.10. The van der Waals surface area contributed by atoms with Crippen molar-refractivity contribution in [2.45, 2.75) is 4.90 Å². The van der Waals surface area contributed by atoms with Gasteiger partial charge < -0.3 is 5.11 Å². The molecule has 1 aromatic carbocycles. The first kappa shape index (κ1) is 11.2. The van der Waals surface area contributed by atoms with Gasteiger partial charge in [0.15, 0.2) is 15.6 Å². The van der Waals surface area contributed by atoms with Crippen LogP contribution < -0.4 is 0 Å². The van der Waals surface area contributed by atoms with Gasteiger partial charge >= 0.3 is 5.97 Å². The van der Waals surface area contributed by atoms with Crippen molar-refractivity contribution in [1.82, 2.24) is 0 Å². The zero-order valence-corrected chi connectivity index (χ0v) is 9.38. The third-order valence-electron chi connectivity index (χ3n) is 1.49. The first-order chi connectivity index (χ1) is 6.42. The van der Waals surface area contributed by atoms with Gasteiger partial charge in [0.25, 0.3) is 0 Å². The number of hydrogen-bond donors (Lipinski definition) is 1. The Morgan fingerprint density at radius 1 is 1.29 bits per heavy atom. The monoisotopic (exact) mass is 278 g/mol. The van der Waals surface area contributed by atoms with E-state index < -0.39 is 21.6 Å². The number of carboxylic acid groups (broad SMARTS) is 1. The predicted octanol–water partition coefficient (Wildman–Crippen LogP) is 1.31. The van der Waals surface area contributed by atoms with E-state index in [0.717, 1.165) is 4.47 Å². The molecule has 0 aliphatic heterocycles. The van der Waals surface area contributed by atoms with Gasteiger partial charge in [-0.1, -0.05) is 15.9 Å². The van der Waals surface area contributed by atoms with Crippen LogP contribution in [0.1, 0.15) is 0 Å². The lowest BCUT2D eigenvalue weighted by atomic mass is 10.4. The molecule has 0 saturated carbocycles. The highest BCUT2D eigenvalue weighted by atomic mass is 79.9. The molecule has 1 N–H and O–H groups in total. The first-order valence-corrected chi connectivity index (χ1v) is 6.06. The van der Waals surface area contributed by atoms with E-state index in [-0.39, 0.29) is 4.90 Å². The number of carbonyl (C=O) groups is 1. The van der Waals surface area contributed by atoms with Crippen LogP contribution in [0.5, 0.6) is 0 Å². The molecule has 0 saturated heterocycles. The van der Waals surface area contributed by atoms with Crippen molar-refractivity contribution in [3.63, 3.8) is 0 Å². The van der Waals surface area contributed by atoms with Gasteiger partial charge in [-0.15, -0.1) is 0 Å². The fraction of sp³-hybridized carbons (Fsp3) is 0.125. The molecule has 0 heterocycles. The summed E-state index contributed by atoms with van der Waals surface area (Å²) in [6, 6.07) is 5.83. The summed E-state index contributed by atoms with van der Waals surface area (Å²) in [6.07, 6.45) is 0. The molecule has 0 radical (unpaired) electrons. The third kappa shape index (κ3) is 2.81. The van der Waals surface area contributed by atoms with Crippen LogP contribution in [0.15, 0.2) is 33.6 Å². The Bertz CT molecular complexity index is 435. The van der Waals surface area contributed by atoms with Crippen LogP contribution in [-0.4, -0.2) is 25.2 Å². The summed E-state index contributed by atoms with van der Waals surface area (Å²) in [6.45, 7) is 0. The minimum absolute atomic E-state index is 0.0168. The quantitative estimate of drug-likeness (QED) is 0.905. The minimum Gasteiger partial charge on any atom is -0.480 e. The highest BCUT2D eigenvalue weighted by Crippen LogP contribution is 2.15. The molecular weight excluding hydrogens is 272 g/mol. The molecule has 0 unspecified atom stereocenters. The second-order valence-electron chi connectivity index (χ2n) is 2.61. The lowest BCUT2D eigenvalue weighted by molar-refractivity contribution is -0.134. The van der Waals surface area contributed by atoms with Crippen molar-refractivity contribution in [3.05, 3.63) is 28.7 Å². The van der Waals surface area contributed by atoms with E-state index in [2.05, 4.69) is 15.9 Å². The molecule has 6 heteroatoms. The molecule has 14 heavy (non-hydrogen) atoms.